The summed E-state index contributed by atoms with van der Waals surface area (Å²) in [5.74, 6) is 0. The van der Waals surface area contributed by atoms with Crippen molar-refractivity contribution >= 4 is 18.3 Å². The Labute approximate surface area is 91.5 Å². The van der Waals surface area contributed by atoms with Crippen LogP contribution < -0.4 is 11.2 Å². The fourth-order valence-electron chi connectivity index (χ4n) is 1.32. The van der Waals surface area contributed by atoms with Crippen LogP contribution in [0.15, 0.2) is 18.2 Å². The smallest absolute Gasteiger partial charge is 0.410 e. The highest BCUT2D eigenvalue weighted by Crippen LogP contribution is 2.29. The highest BCUT2D eigenvalue weighted by molar-refractivity contribution is 6.63. The lowest BCUT2D eigenvalue weighted by molar-refractivity contribution is -0.137. The van der Waals surface area contributed by atoms with Crippen molar-refractivity contribution in [3.8, 4) is 0 Å². The second kappa shape index (κ2) is 4.75. The van der Waals surface area contributed by atoms with Gasteiger partial charge in [-0.1, -0.05) is 12.1 Å². The minimum Gasteiger partial charge on any atom is -0.410 e. The van der Waals surface area contributed by atoms with Crippen LogP contribution >= 0.6 is 0 Å². The van der Waals surface area contributed by atoms with E-state index in [0.29, 0.717) is 5.46 Å². The molecule has 0 radical (unpaired) electrons. The van der Waals surface area contributed by atoms with E-state index in [-0.39, 0.29) is 5.69 Å². The van der Waals surface area contributed by atoms with Gasteiger partial charge in [-0.25, -0.2) is 0 Å². The van der Waals surface area contributed by atoms with Crippen LogP contribution in [0.2, 0.25) is 0 Å². The Balaban J connectivity index is 3.09. The van der Waals surface area contributed by atoms with Crippen LogP contribution in [-0.4, -0.2) is 21.3 Å². The number of rotatable bonds is 3. The maximum absolute atomic E-state index is 12.3. The molecule has 3 nitrogen and oxygen atoms in total. The summed E-state index contributed by atoms with van der Waals surface area (Å²) < 4.78 is 46.9. The normalized spacial score (nSPS) is 11.6. The molecule has 1 rings (SSSR count). The second-order valence-electron chi connectivity index (χ2n) is 3.14. The molecule has 0 aliphatic carbocycles. The van der Waals surface area contributed by atoms with E-state index in [4.69, 9.17) is 15.0 Å². The lowest BCUT2D eigenvalue weighted by Crippen LogP contribution is -2.36. The van der Waals surface area contributed by atoms with Crippen molar-refractivity contribution in [2.24, 2.45) is 0 Å². The summed E-state index contributed by atoms with van der Waals surface area (Å²) in [6.45, 7) is 0. The van der Waals surface area contributed by atoms with Crippen LogP contribution in [0, 0.1) is 0 Å². The molecule has 1 aromatic rings. The van der Waals surface area contributed by atoms with E-state index in [1.807, 2.05) is 0 Å². The van der Waals surface area contributed by atoms with Gasteiger partial charge in [0.25, 0.3) is 0 Å². The Bertz CT molecular complexity index is 366. The maximum Gasteiger partial charge on any atom is 0.495 e. The van der Waals surface area contributed by atoms with Crippen molar-refractivity contribution in [3.63, 3.8) is 0 Å². The summed E-state index contributed by atoms with van der Waals surface area (Å²) in [7, 11) is 2.00. The maximum atomic E-state index is 12.3. The molecule has 88 valence electrons. The van der Waals surface area contributed by atoms with Gasteiger partial charge >= 0.3 is 13.3 Å². The monoisotopic (exact) mass is 233 g/mol. The number of hydrogen-bond donors (Lipinski definition) is 1. The standard InChI is InChI=1S/C9H11BF3NO2/c1-15-10(16-2)7-4-3-6(5-8(7)14)9(11,12)13/h3-5H,14H2,1-2H3. The van der Waals surface area contributed by atoms with Crippen LogP contribution in [0.25, 0.3) is 0 Å². The third kappa shape index (κ3) is 2.68. The number of benzene rings is 1. The van der Waals surface area contributed by atoms with Gasteiger partial charge in [0, 0.05) is 25.4 Å². The van der Waals surface area contributed by atoms with Crippen molar-refractivity contribution in [1.82, 2.24) is 0 Å². The number of anilines is 1. The lowest BCUT2D eigenvalue weighted by Gasteiger charge is -2.13. The average molecular weight is 233 g/mol. The van der Waals surface area contributed by atoms with Crippen LogP contribution in [0.5, 0.6) is 0 Å². The van der Waals surface area contributed by atoms with Crippen LogP contribution in [0.3, 0.4) is 0 Å². The molecule has 16 heavy (non-hydrogen) atoms. The zero-order valence-corrected chi connectivity index (χ0v) is 8.84. The molecule has 0 fully saturated rings. The minimum absolute atomic E-state index is 0.0106. The fraction of sp³-hybridized carbons (Fsp3) is 0.333. The Morgan fingerprint density at radius 1 is 1.19 bits per heavy atom. The topological polar surface area (TPSA) is 44.5 Å². The molecule has 0 heterocycles. The van der Waals surface area contributed by atoms with E-state index >= 15 is 0 Å². The van der Waals surface area contributed by atoms with Gasteiger partial charge in [0.05, 0.1) is 5.56 Å². The van der Waals surface area contributed by atoms with Gasteiger partial charge in [-0.15, -0.1) is 0 Å². The van der Waals surface area contributed by atoms with Gasteiger partial charge < -0.3 is 15.0 Å². The van der Waals surface area contributed by atoms with Gasteiger partial charge in [0.15, 0.2) is 0 Å². The molecule has 1 aromatic carbocycles. The molecular formula is C9H11BF3NO2. The van der Waals surface area contributed by atoms with Crippen LogP contribution in [-0.2, 0) is 15.5 Å². The molecule has 0 aliphatic rings. The van der Waals surface area contributed by atoms with Crippen LogP contribution in [0.4, 0.5) is 18.9 Å². The molecule has 0 aliphatic heterocycles. The molecule has 0 saturated carbocycles. The van der Waals surface area contributed by atoms with E-state index in [2.05, 4.69) is 0 Å². The molecule has 0 saturated heterocycles. The van der Waals surface area contributed by atoms with Crippen molar-refractivity contribution in [3.05, 3.63) is 23.8 Å². The number of alkyl halides is 3. The Kier molecular flexibility index (Phi) is 3.82. The highest BCUT2D eigenvalue weighted by atomic mass is 19.4. The quantitative estimate of drug-likeness (QED) is 0.631. The molecular weight excluding hydrogens is 222 g/mol. The summed E-state index contributed by atoms with van der Waals surface area (Å²) in [6.07, 6.45) is -4.40. The first-order chi connectivity index (χ1) is 7.40. The summed E-state index contributed by atoms with van der Waals surface area (Å²) in [5.41, 5.74) is 5.08. The molecule has 0 atom stereocenters. The Morgan fingerprint density at radius 2 is 1.75 bits per heavy atom. The van der Waals surface area contributed by atoms with Crippen molar-refractivity contribution in [2.75, 3.05) is 20.0 Å². The third-order valence-electron chi connectivity index (χ3n) is 2.10. The molecule has 0 amide bonds. The first-order valence-corrected chi connectivity index (χ1v) is 4.42. The van der Waals surface area contributed by atoms with Gasteiger partial charge in [-0.2, -0.15) is 13.2 Å². The third-order valence-corrected chi connectivity index (χ3v) is 2.10. The second-order valence-corrected chi connectivity index (χ2v) is 3.14. The van der Waals surface area contributed by atoms with Crippen molar-refractivity contribution < 1.29 is 22.5 Å². The molecule has 0 unspecified atom stereocenters. The largest absolute Gasteiger partial charge is 0.495 e. The summed E-state index contributed by atoms with van der Waals surface area (Å²) >= 11 is 0. The van der Waals surface area contributed by atoms with Gasteiger partial charge in [0.1, 0.15) is 0 Å². The number of hydrogen-bond acceptors (Lipinski definition) is 3. The van der Waals surface area contributed by atoms with Gasteiger partial charge in [-0.3, -0.25) is 0 Å². The minimum atomic E-state index is -4.40. The number of halogens is 3. The molecule has 0 aromatic heterocycles. The first-order valence-electron chi connectivity index (χ1n) is 4.42. The predicted molar refractivity (Wildman–Crippen MR) is 55.3 cm³/mol. The first kappa shape index (κ1) is 12.9. The summed E-state index contributed by atoms with van der Waals surface area (Å²) in [6, 6.07) is 3.05. The molecule has 0 bridgehead atoms. The van der Waals surface area contributed by atoms with E-state index in [9.17, 15) is 13.2 Å². The number of nitrogens with two attached hydrogens (primary N) is 1. The van der Waals surface area contributed by atoms with Gasteiger partial charge in [0.2, 0.25) is 0 Å². The van der Waals surface area contributed by atoms with Gasteiger partial charge in [-0.05, 0) is 6.07 Å². The van der Waals surface area contributed by atoms with E-state index in [1.165, 1.54) is 20.3 Å². The van der Waals surface area contributed by atoms with E-state index < -0.39 is 18.9 Å². The summed E-state index contributed by atoms with van der Waals surface area (Å²) in [4.78, 5) is 0. The lowest BCUT2D eigenvalue weighted by atomic mass is 9.77. The Hall–Kier alpha value is -1.21. The molecule has 7 heteroatoms. The van der Waals surface area contributed by atoms with E-state index in [0.717, 1.165) is 12.1 Å². The molecule has 2 N–H and O–H groups in total. The molecule has 0 spiro atoms. The van der Waals surface area contributed by atoms with E-state index in [1.54, 1.807) is 0 Å². The van der Waals surface area contributed by atoms with Crippen LogP contribution in [0.1, 0.15) is 5.56 Å². The zero-order valence-electron chi connectivity index (χ0n) is 8.84. The number of nitrogen functional groups attached to an aromatic ring is 1. The average Bonchev–Trinajstić information content (AvgIpc) is 2.20. The fourth-order valence-corrected chi connectivity index (χ4v) is 1.32. The van der Waals surface area contributed by atoms with Crippen molar-refractivity contribution in [1.29, 1.82) is 0 Å². The zero-order chi connectivity index (χ0) is 12.3. The SMILES string of the molecule is COB(OC)c1ccc(C(F)(F)F)cc1N. The highest BCUT2D eigenvalue weighted by Gasteiger charge is 2.32. The van der Waals surface area contributed by atoms with Crippen molar-refractivity contribution in [2.45, 2.75) is 6.18 Å². The summed E-state index contributed by atoms with van der Waals surface area (Å²) in [5, 5.41) is 0. The Morgan fingerprint density at radius 3 is 2.12 bits per heavy atom. The predicted octanol–water partition coefficient (Wildman–Crippen LogP) is 1.28.